The lowest BCUT2D eigenvalue weighted by molar-refractivity contribution is -0.0580. The highest BCUT2D eigenvalue weighted by Gasteiger charge is 2.55. The molecule has 0 radical (unpaired) electrons. The molecule has 0 spiro atoms. The van der Waals surface area contributed by atoms with E-state index in [1.54, 1.807) is 0 Å². The molecular formula is C7H13ClFN. The third kappa shape index (κ3) is 1.04. The van der Waals surface area contributed by atoms with Crippen molar-refractivity contribution in [1.29, 1.82) is 0 Å². The maximum absolute atomic E-state index is 13.1. The SMILES string of the molecule is Cl.NC12CCCC(F)(C1)C2. The molecule has 0 unspecified atom stereocenters. The zero-order valence-electron chi connectivity index (χ0n) is 5.90. The first-order chi connectivity index (χ1) is 4.12. The van der Waals surface area contributed by atoms with E-state index < -0.39 is 5.67 Å². The average Bonchev–Trinajstić information content (AvgIpc) is 1.59. The molecule has 3 fully saturated rings. The van der Waals surface area contributed by atoms with Crippen molar-refractivity contribution in [2.45, 2.75) is 43.3 Å². The predicted molar refractivity (Wildman–Crippen MR) is 41.1 cm³/mol. The third-order valence-electron chi connectivity index (χ3n) is 2.64. The largest absolute Gasteiger partial charge is 0.325 e. The molecule has 0 heterocycles. The van der Waals surface area contributed by atoms with Gasteiger partial charge in [-0.05, 0) is 32.1 Å². The van der Waals surface area contributed by atoms with E-state index in [4.69, 9.17) is 5.73 Å². The lowest BCUT2D eigenvalue weighted by Crippen LogP contribution is -2.62. The lowest BCUT2D eigenvalue weighted by Gasteiger charge is -2.54. The van der Waals surface area contributed by atoms with Crippen LogP contribution in [-0.2, 0) is 0 Å². The van der Waals surface area contributed by atoms with Gasteiger partial charge >= 0.3 is 0 Å². The number of fused-ring (bicyclic) bond motifs is 2. The van der Waals surface area contributed by atoms with Crippen LogP contribution in [0.25, 0.3) is 0 Å². The van der Waals surface area contributed by atoms with Crippen molar-refractivity contribution in [3.63, 3.8) is 0 Å². The van der Waals surface area contributed by atoms with Crippen LogP contribution in [0.5, 0.6) is 0 Å². The van der Waals surface area contributed by atoms with Crippen LogP contribution in [0.1, 0.15) is 32.1 Å². The molecule has 0 saturated heterocycles. The van der Waals surface area contributed by atoms with E-state index in [2.05, 4.69) is 0 Å². The van der Waals surface area contributed by atoms with Crippen LogP contribution >= 0.6 is 12.4 Å². The summed E-state index contributed by atoms with van der Waals surface area (Å²) < 4.78 is 13.1. The van der Waals surface area contributed by atoms with Crippen LogP contribution in [0, 0.1) is 0 Å². The van der Waals surface area contributed by atoms with Gasteiger partial charge < -0.3 is 5.73 Å². The summed E-state index contributed by atoms with van der Waals surface area (Å²) in [6.45, 7) is 0. The Bertz CT molecular complexity index is 129. The van der Waals surface area contributed by atoms with Crippen LogP contribution in [0.15, 0.2) is 0 Å². The van der Waals surface area contributed by atoms with Gasteiger partial charge in [-0.2, -0.15) is 0 Å². The Morgan fingerprint density at radius 3 is 2.10 bits per heavy atom. The van der Waals surface area contributed by atoms with E-state index in [-0.39, 0.29) is 17.9 Å². The molecule has 2 bridgehead atoms. The summed E-state index contributed by atoms with van der Waals surface area (Å²) in [5, 5.41) is 0. The van der Waals surface area contributed by atoms with Gasteiger partial charge in [0.2, 0.25) is 0 Å². The minimum Gasteiger partial charge on any atom is -0.325 e. The highest BCUT2D eigenvalue weighted by Crippen LogP contribution is 2.52. The van der Waals surface area contributed by atoms with Crippen molar-refractivity contribution in [3.8, 4) is 0 Å². The number of nitrogens with two attached hydrogens (primary N) is 1. The average molecular weight is 166 g/mol. The molecule has 60 valence electrons. The van der Waals surface area contributed by atoms with Crippen molar-refractivity contribution in [3.05, 3.63) is 0 Å². The molecule has 0 aromatic rings. The molecule has 1 nitrogen and oxygen atoms in total. The summed E-state index contributed by atoms with van der Waals surface area (Å²) in [5.74, 6) is 0. The fourth-order valence-corrected chi connectivity index (χ4v) is 2.32. The maximum atomic E-state index is 13.1. The number of hydrogen-bond donors (Lipinski definition) is 1. The Labute approximate surface area is 66.6 Å². The molecular weight excluding hydrogens is 153 g/mol. The summed E-state index contributed by atoms with van der Waals surface area (Å²) in [7, 11) is 0. The smallest absolute Gasteiger partial charge is 0.114 e. The van der Waals surface area contributed by atoms with Gasteiger partial charge in [-0.3, -0.25) is 0 Å². The zero-order valence-corrected chi connectivity index (χ0v) is 6.72. The standard InChI is InChI=1S/C7H12FN.ClH/c8-6-2-1-3-7(9,4-6)5-6;/h1-5,9H2;1H. The quantitative estimate of drug-likeness (QED) is 0.582. The van der Waals surface area contributed by atoms with E-state index in [1.165, 1.54) is 0 Å². The Morgan fingerprint density at radius 2 is 1.80 bits per heavy atom. The number of hydrogen-bond acceptors (Lipinski definition) is 1. The van der Waals surface area contributed by atoms with Gasteiger partial charge in [0.15, 0.2) is 0 Å². The Morgan fingerprint density at radius 1 is 1.20 bits per heavy atom. The van der Waals surface area contributed by atoms with Crippen LogP contribution in [0.4, 0.5) is 4.39 Å². The van der Waals surface area contributed by atoms with E-state index in [1.807, 2.05) is 0 Å². The summed E-state index contributed by atoms with van der Waals surface area (Å²) in [6, 6.07) is 0. The summed E-state index contributed by atoms with van der Waals surface area (Å²) >= 11 is 0. The van der Waals surface area contributed by atoms with Gasteiger partial charge in [-0.15, -0.1) is 12.4 Å². The van der Waals surface area contributed by atoms with Crippen LogP contribution in [0.3, 0.4) is 0 Å². The molecule has 3 aliphatic carbocycles. The molecule has 3 aliphatic rings. The molecule has 0 atom stereocenters. The minimum absolute atomic E-state index is 0. The molecule has 0 aliphatic heterocycles. The number of rotatable bonds is 0. The van der Waals surface area contributed by atoms with Crippen molar-refractivity contribution in [1.82, 2.24) is 0 Å². The number of alkyl halides is 1. The molecule has 3 saturated carbocycles. The Kier molecular flexibility index (Phi) is 1.72. The maximum Gasteiger partial charge on any atom is 0.114 e. The predicted octanol–water partition coefficient (Wildman–Crippen LogP) is 1.79. The Hall–Kier alpha value is 0.180. The van der Waals surface area contributed by atoms with Gasteiger partial charge in [0.1, 0.15) is 5.67 Å². The lowest BCUT2D eigenvalue weighted by atomic mass is 9.58. The van der Waals surface area contributed by atoms with Gasteiger partial charge in [0, 0.05) is 5.54 Å². The van der Waals surface area contributed by atoms with Gasteiger partial charge in [-0.25, -0.2) is 4.39 Å². The normalized spacial score (nSPS) is 51.0. The van der Waals surface area contributed by atoms with Crippen LogP contribution in [-0.4, -0.2) is 11.2 Å². The topological polar surface area (TPSA) is 26.0 Å². The van der Waals surface area contributed by atoms with Gasteiger partial charge in [-0.1, -0.05) is 0 Å². The summed E-state index contributed by atoms with van der Waals surface area (Å²) in [6.07, 6.45) is 4.04. The van der Waals surface area contributed by atoms with Crippen LogP contribution < -0.4 is 5.73 Å². The summed E-state index contributed by atoms with van der Waals surface area (Å²) in [4.78, 5) is 0. The van der Waals surface area contributed by atoms with Gasteiger partial charge in [0.25, 0.3) is 0 Å². The van der Waals surface area contributed by atoms with E-state index in [0.717, 1.165) is 19.3 Å². The van der Waals surface area contributed by atoms with E-state index in [9.17, 15) is 4.39 Å². The zero-order chi connectivity index (χ0) is 6.54. The molecule has 2 N–H and O–H groups in total. The third-order valence-corrected chi connectivity index (χ3v) is 2.64. The molecule has 3 rings (SSSR count). The minimum atomic E-state index is -0.840. The molecule has 10 heavy (non-hydrogen) atoms. The molecule has 0 aromatic heterocycles. The second-order valence-electron chi connectivity index (χ2n) is 3.72. The van der Waals surface area contributed by atoms with Gasteiger partial charge in [0.05, 0.1) is 0 Å². The Balaban J connectivity index is 0.000000500. The van der Waals surface area contributed by atoms with E-state index >= 15 is 0 Å². The molecule has 0 amide bonds. The first-order valence-corrected chi connectivity index (χ1v) is 3.60. The van der Waals surface area contributed by atoms with Crippen LogP contribution in [0.2, 0.25) is 0 Å². The van der Waals surface area contributed by atoms with Crippen molar-refractivity contribution < 1.29 is 4.39 Å². The first-order valence-electron chi connectivity index (χ1n) is 3.60. The second-order valence-corrected chi connectivity index (χ2v) is 3.72. The van der Waals surface area contributed by atoms with Crippen molar-refractivity contribution in [2.24, 2.45) is 5.73 Å². The number of halogens is 2. The fourth-order valence-electron chi connectivity index (χ4n) is 2.32. The second kappa shape index (κ2) is 2.08. The van der Waals surface area contributed by atoms with Crippen molar-refractivity contribution in [2.75, 3.05) is 0 Å². The fraction of sp³-hybridized carbons (Fsp3) is 1.00. The monoisotopic (exact) mass is 165 g/mol. The summed E-state index contributed by atoms with van der Waals surface area (Å²) in [5.41, 5.74) is 4.86. The molecule has 0 aromatic carbocycles. The van der Waals surface area contributed by atoms with E-state index in [0.29, 0.717) is 12.8 Å². The first kappa shape index (κ1) is 8.28. The van der Waals surface area contributed by atoms with Crippen molar-refractivity contribution >= 4 is 12.4 Å². The highest BCUT2D eigenvalue weighted by atomic mass is 35.5. The molecule has 3 heteroatoms. The highest BCUT2D eigenvalue weighted by molar-refractivity contribution is 5.85.